The SMILES string of the molecule is CCCCCCCCNCCNCC(=O)O.Cl. The summed E-state index contributed by atoms with van der Waals surface area (Å²) in [5, 5.41) is 14.5. The summed E-state index contributed by atoms with van der Waals surface area (Å²) in [7, 11) is 0. The Balaban J connectivity index is 0. The van der Waals surface area contributed by atoms with Gasteiger partial charge in [0.1, 0.15) is 0 Å². The maximum absolute atomic E-state index is 10.2. The molecule has 0 aliphatic heterocycles. The molecule has 104 valence electrons. The molecule has 0 aliphatic rings. The van der Waals surface area contributed by atoms with Crippen LogP contribution in [0.4, 0.5) is 0 Å². The molecule has 0 bridgehead atoms. The highest BCUT2D eigenvalue weighted by molar-refractivity contribution is 5.85. The first kappa shape index (κ1) is 19.0. The molecule has 0 spiro atoms. The zero-order valence-corrected chi connectivity index (χ0v) is 11.7. The fraction of sp³-hybridized carbons (Fsp3) is 0.917. The smallest absolute Gasteiger partial charge is 0.317 e. The molecular formula is C12H27ClN2O2. The Labute approximate surface area is 111 Å². The monoisotopic (exact) mass is 266 g/mol. The van der Waals surface area contributed by atoms with E-state index in [9.17, 15) is 4.79 Å². The van der Waals surface area contributed by atoms with Crippen molar-refractivity contribution in [2.24, 2.45) is 0 Å². The summed E-state index contributed by atoms with van der Waals surface area (Å²) in [6.07, 6.45) is 7.88. The maximum atomic E-state index is 10.2. The number of carboxylic acid groups (broad SMARTS) is 1. The molecule has 0 radical (unpaired) electrons. The maximum Gasteiger partial charge on any atom is 0.317 e. The molecule has 17 heavy (non-hydrogen) atoms. The molecule has 3 N–H and O–H groups in total. The van der Waals surface area contributed by atoms with Gasteiger partial charge in [-0.3, -0.25) is 4.79 Å². The summed E-state index contributed by atoms with van der Waals surface area (Å²) < 4.78 is 0. The summed E-state index contributed by atoms with van der Waals surface area (Å²) in [4.78, 5) is 10.2. The highest BCUT2D eigenvalue weighted by atomic mass is 35.5. The van der Waals surface area contributed by atoms with E-state index in [0.717, 1.165) is 19.6 Å². The molecule has 0 saturated carbocycles. The van der Waals surface area contributed by atoms with Crippen molar-refractivity contribution < 1.29 is 9.90 Å². The van der Waals surface area contributed by atoms with E-state index < -0.39 is 5.97 Å². The molecule has 0 amide bonds. The predicted octanol–water partition coefficient (Wildman–Crippen LogP) is 2.03. The highest BCUT2D eigenvalue weighted by Crippen LogP contribution is 2.03. The van der Waals surface area contributed by atoms with Crippen LogP contribution in [0.25, 0.3) is 0 Å². The summed E-state index contributed by atoms with van der Waals surface area (Å²) in [5.74, 6) is -0.795. The third kappa shape index (κ3) is 18.3. The normalized spacial score (nSPS) is 9.94. The number of hydrogen-bond donors (Lipinski definition) is 3. The van der Waals surface area contributed by atoms with Crippen molar-refractivity contribution in [2.45, 2.75) is 45.4 Å². The van der Waals surface area contributed by atoms with E-state index in [0.29, 0.717) is 0 Å². The van der Waals surface area contributed by atoms with Crippen LogP contribution in [0.1, 0.15) is 45.4 Å². The summed E-state index contributed by atoms with van der Waals surface area (Å²) in [6.45, 7) is 4.90. The summed E-state index contributed by atoms with van der Waals surface area (Å²) >= 11 is 0. The van der Waals surface area contributed by atoms with Crippen LogP contribution < -0.4 is 10.6 Å². The minimum Gasteiger partial charge on any atom is -0.480 e. The van der Waals surface area contributed by atoms with Crippen LogP contribution in [0.3, 0.4) is 0 Å². The van der Waals surface area contributed by atoms with Crippen LogP contribution >= 0.6 is 12.4 Å². The highest BCUT2D eigenvalue weighted by Gasteiger charge is 1.94. The Morgan fingerprint density at radius 2 is 1.53 bits per heavy atom. The number of rotatable bonds is 12. The second-order valence-electron chi connectivity index (χ2n) is 4.09. The standard InChI is InChI=1S/C12H26N2O2.ClH/c1-2-3-4-5-6-7-8-13-9-10-14-11-12(15)16;/h13-14H,2-11H2,1H3,(H,15,16);1H. The first-order chi connectivity index (χ1) is 7.77. The molecule has 5 heteroatoms. The van der Waals surface area contributed by atoms with Crippen molar-refractivity contribution >= 4 is 18.4 Å². The van der Waals surface area contributed by atoms with Gasteiger partial charge in [-0.1, -0.05) is 39.0 Å². The fourth-order valence-corrected chi connectivity index (χ4v) is 1.53. The predicted molar refractivity (Wildman–Crippen MR) is 74.0 cm³/mol. The van der Waals surface area contributed by atoms with Gasteiger partial charge in [0.2, 0.25) is 0 Å². The number of carbonyl (C=O) groups is 1. The van der Waals surface area contributed by atoms with E-state index in [2.05, 4.69) is 17.6 Å². The zero-order valence-electron chi connectivity index (χ0n) is 10.8. The molecule has 0 unspecified atom stereocenters. The summed E-state index contributed by atoms with van der Waals surface area (Å²) in [6, 6.07) is 0. The fourth-order valence-electron chi connectivity index (χ4n) is 1.53. The number of halogens is 1. The van der Waals surface area contributed by atoms with Crippen molar-refractivity contribution in [1.29, 1.82) is 0 Å². The molecule has 0 heterocycles. The average Bonchev–Trinajstić information content (AvgIpc) is 2.25. The Morgan fingerprint density at radius 1 is 0.941 bits per heavy atom. The number of aliphatic carboxylic acids is 1. The lowest BCUT2D eigenvalue weighted by molar-refractivity contribution is -0.135. The summed E-state index contributed by atoms with van der Waals surface area (Å²) in [5.41, 5.74) is 0. The molecule has 0 fully saturated rings. The van der Waals surface area contributed by atoms with Crippen LogP contribution in [0.2, 0.25) is 0 Å². The Bertz CT molecular complexity index is 169. The quantitative estimate of drug-likeness (QED) is 0.473. The molecule has 0 aromatic carbocycles. The van der Waals surface area contributed by atoms with Gasteiger partial charge in [0.05, 0.1) is 6.54 Å². The van der Waals surface area contributed by atoms with Crippen LogP contribution in [0.15, 0.2) is 0 Å². The first-order valence-electron chi connectivity index (χ1n) is 6.40. The number of hydrogen-bond acceptors (Lipinski definition) is 3. The molecule has 0 aromatic heterocycles. The number of nitrogens with one attached hydrogen (secondary N) is 2. The third-order valence-electron chi connectivity index (χ3n) is 2.46. The van der Waals surface area contributed by atoms with Gasteiger partial charge < -0.3 is 15.7 Å². The van der Waals surface area contributed by atoms with E-state index in [1.54, 1.807) is 0 Å². The largest absolute Gasteiger partial charge is 0.480 e. The second kappa shape index (κ2) is 15.7. The van der Waals surface area contributed by atoms with Crippen LogP contribution in [-0.2, 0) is 4.79 Å². The van der Waals surface area contributed by atoms with Crippen molar-refractivity contribution in [3.8, 4) is 0 Å². The molecule has 0 saturated heterocycles. The van der Waals surface area contributed by atoms with Gasteiger partial charge >= 0.3 is 5.97 Å². The third-order valence-corrected chi connectivity index (χ3v) is 2.46. The van der Waals surface area contributed by atoms with Gasteiger partial charge in [0, 0.05) is 13.1 Å². The topological polar surface area (TPSA) is 61.4 Å². The van der Waals surface area contributed by atoms with Crippen molar-refractivity contribution in [3.05, 3.63) is 0 Å². The molecule has 0 rings (SSSR count). The van der Waals surface area contributed by atoms with E-state index in [4.69, 9.17) is 5.11 Å². The molecular weight excluding hydrogens is 240 g/mol. The minimum absolute atomic E-state index is 0. The van der Waals surface area contributed by atoms with Gasteiger partial charge in [-0.2, -0.15) is 0 Å². The second-order valence-corrected chi connectivity index (χ2v) is 4.09. The van der Waals surface area contributed by atoms with Crippen LogP contribution in [-0.4, -0.2) is 37.3 Å². The van der Waals surface area contributed by atoms with Crippen LogP contribution in [0, 0.1) is 0 Å². The van der Waals surface area contributed by atoms with Gasteiger partial charge in [-0.25, -0.2) is 0 Å². The van der Waals surface area contributed by atoms with Crippen molar-refractivity contribution in [3.63, 3.8) is 0 Å². The van der Waals surface area contributed by atoms with Gasteiger partial charge in [-0.15, -0.1) is 12.4 Å². The molecule has 0 atom stereocenters. The van der Waals surface area contributed by atoms with Crippen LogP contribution in [0.5, 0.6) is 0 Å². The Kier molecular flexibility index (Phi) is 17.6. The van der Waals surface area contributed by atoms with Crippen molar-refractivity contribution in [2.75, 3.05) is 26.2 Å². The number of unbranched alkanes of at least 4 members (excludes halogenated alkanes) is 5. The zero-order chi connectivity index (χ0) is 12.1. The van der Waals surface area contributed by atoms with E-state index in [1.807, 2.05) is 0 Å². The van der Waals surface area contributed by atoms with Gasteiger partial charge in [0.25, 0.3) is 0 Å². The lowest BCUT2D eigenvalue weighted by atomic mass is 10.1. The minimum atomic E-state index is -0.795. The molecule has 4 nitrogen and oxygen atoms in total. The lowest BCUT2D eigenvalue weighted by Crippen LogP contribution is -2.31. The van der Waals surface area contributed by atoms with E-state index >= 15 is 0 Å². The van der Waals surface area contributed by atoms with Crippen molar-refractivity contribution in [1.82, 2.24) is 10.6 Å². The van der Waals surface area contributed by atoms with Gasteiger partial charge in [0.15, 0.2) is 0 Å². The Hall–Kier alpha value is -0.320. The Morgan fingerprint density at radius 3 is 2.18 bits per heavy atom. The molecule has 0 aromatic rings. The molecule has 0 aliphatic carbocycles. The average molecular weight is 267 g/mol. The number of carboxylic acids is 1. The lowest BCUT2D eigenvalue weighted by Gasteiger charge is -2.05. The van der Waals surface area contributed by atoms with E-state index in [-0.39, 0.29) is 19.0 Å². The first-order valence-corrected chi connectivity index (χ1v) is 6.40. The van der Waals surface area contributed by atoms with E-state index in [1.165, 1.54) is 38.5 Å². The van der Waals surface area contributed by atoms with Gasteiger partial charge in [-0.05, 0) is 13.0 Å².